The molecule has 0 heterocycles. The van der Waals surface area contributed by atoms with Crippen LogP contribution in [-0.2, 0) is 14.3 Å². The third kappa shape index (κ3) is 6.01. The molecule has 0 spiro atoms. The molecule has 1 amide bonds. The number of benzene rings is 1. The molecular formula is C17H20N2O5. The molecule has 0 N–H and O–H groups in total. The number of amides is 1. The number of esters is 1. The average molecular weight is 332 g/mol. The van der Waals surface area contributed by atoms with Gasteiger partial charge in [0.25, 0.3) is 5.91 Å². The number of ether oxygens (including phenoxy) is 3. The van der Waals surface area contributed by atoms with Gasteiger partial charge < -0.3 is 19.1 Å². The van der Waals surface area contributed by atoms with E-state index in [1.165, 1.54) is 31.3 Å². The highest BCUT2D eigenvalue weighted by Gasteiger charge is 2.10. The van der Waals surface area contributed by atoms with E-state index in [0.29, 0.717) is 23.6 Å². The SMILES string of the molecule is COc1ccc(OC)c(/C=C/C(=O)OCC(=O)N(C)CCC#N)c1. The van der Waals surface area contributed by atoms with E-state index in [1.807, 2.05) is 6.07 Å². The number of nitriles is 1. The minimum Gasteiger partial charge on any atom is -0.497 e. The second kappa shape index (κ2) is 9.90. The summed E-state index contributed by atoms with van der Waals surface area (Å²) in [6.07, 6.45) is 2.96. The number of hydrogen-bond acceptors (Lipinski definition) is 6. The van der Waals surface area contributed by atoms with Crippen molar-refractivity contribution in [3.63, 3.8) is 0 Å². The third-order valence-corrected chi connectivity index (χ3v) is 3.16. The lowest BCUT2D eigenvalue weighted by molar-refractivity contribution is -0.147. The fourth-order valence-electron chi connectivity index (χ4n) is 1.76. The molecule has 128 valence electrons. The Labute approximate surface area is 141 Å². The second-order valence-electron chi connectivity index (χ2n) is 4.77. The summed E-state index contributed by atoms with van der Waals surface area (Å²) in [5, 5.41) is 8.47. The van der Waals surface area contributed by atoms with Crippen molar-refractivity contribution >= 4 is 18.0 Å². The molecule has 24 heavy (non-hydrogen) atoms. The smallest absolute Gasteiger partial charge is 0.331 e. The molecular weight excluding hydrogens is 312 g/mol. The lowest BCUT2D eigenvalue weighted by atomic mass is 10.1. The first-order chi connectivity index (χ1) is 11.5. The third-order valence-electron chi connectivity index (χ3n) is 3.16. The molecule has 0 saturated heterocycles. The second-order valence-corrected chi connectivity index (χ2v) is 4.77. The minimum atomic E-state index is -0.651. The lowest BCUT2D eigenvalue weighted by Gasteiger charge is -2.14. The highest BCUT2D eigenvalue weighted by Crippen LogP contribution is 2.25. The number of methoxy groups -OCH3 is 2. The predicted molar refractivity (Wildman–Crippen MR) is 87.4 cm³/mol. The number of carbonyl (C=O) groups is 2. The molecule has 0 aliphatic rings. The van der Waals surface area contributed by atoms with Crippen LogP contribution in [0.25, 0.3) is 6.08 Å². The van der Waals surface area contributed by atoms with E-state index in [-0.39, 0.29) is 18.9 Å². The van der Waals surface area contributed by atoms with Crippen molar-refractivity contribution in [1.82, 2.24) is 4.90 Å². The molecule has 1 rings (SSSR count). The molecule has 0 radical (unpaired) electrons. The van der Waals surface area contributed by atoms with Crippen molar-refractivity contribution in [1.29, 1.82) is 5.26 Å². The van der Waals surface area contributed by atoms with Gasteiger partial charge in [0.1, 0.15) is 11.5 Å². The lowest BCUT2D eigenvalue weighted by Crippen LogP contribution is -2.31. The van der Waals surface area contributed by atoms with Crippen molar-refractivity contribution in [2.75, 3.05) is 34.4 Å². The van der Waals surface area contributed by atoms with Gasteiger partial charge in [-0.2, -0.15) is 5.26 Å². The molecule has 0 fully saturated rings. The van der Waals surface area contributed by atoms with Crippen molar-refractivity contribution in [2.24, 2.45) is 0 Å². The first kappa shape index (κ1) is 19.0. The van der Waals surface area contributed by atoms with E-state index in [9.17, 15) is 9.59 Å². The van der Waals surface area contributed by atoms with Gasteiger partial charge in [-0.15, -0.1) is 0 Å². The summed E-state index contributed by atoms with van der Waals surface area (Å²) < 4.78 is 15.2. The number of carbonyl (C=O) groups excluding carboxylic acids is 2. The molecule has 7 nitrogen and oxygen atoms in total. The average Bonchev–Trinajstić information content (AvgIpc) is 2.61. The van der Waals surface area contributed by atoms with Gasteiger partial charge in [-0.3, -0.25) is 4.79 Å². The van der Waals surface area contributed by atoms with Crippen molar-refractivity contribution in [2.45, 2.75) is 6.42 Å². The van der Waals surface area contributed by atoms with Crippen LogP contribution in [0.5, 0.6) is 11.5 Å². The van der Waals surface area contributed by atoms with Crippen LogP contribution < -0.4 is 9.47 Å². The van der Waals surface area contributed by atoms with Crippen LogP contribution >= 0.6 is 0 Å². The molecule has 0 bridgehead atoms. The summed E-state index contributed by atoms with van der Waals surface area (Å²) in [4.78, 5) is 24.7. The molecule has 7 heteroatoms. The highest BCUT2D eigenvalue weighted by molar-refractivity contribution is 5.89. The molecule has 0 saturated carbocycles. The zero-order chi connectivity index (χ0) is 17.9. The fourth-order valence-corrected chi connectivity index (χ4v) is 1.76. The van der Waals surface area contributed by atoms with Gasteiger partial charge >= 0.3 is 5.97 Å². The van der Waals surface area contributed by atoms with Gasteiger partial charge in [-0.05, 0) is 24.3 Å². The molecule has 0 aliphatic heterocycles. The Morgan fingerprint density at radius 1 is 1.29 bits per heavy atom. The monoisotopic (exact) mass is 332 g/mol. The van der Waals surface area contributed by atoms with Gasteiger partial charge in [0.05, 0.1) is 26.7 Å². The van der Waals surface area contributed by atoms with Gasteiger partial charge in [-0.25, -0.2) is 4.79 Å². The zero-order valence-electron chi connectivity index (χ0n) is 13.9. The van der Waals surface area contributed by atoms with Crippen LogP contribution in [-0.4, -0.2) is 51.2 Å². The van der Waals surface area contributed by atoms with Gasteiger partial charge in [0, 0.05) is 25.2 Å². The Kier molecular flexibility index (Phi) is 7.85. The Morgan fingerprint density at radius 3 is 2.67 bits per heavy atom. The zero-order valence-corrected chi connectivity index (χ0v) is 13.9. The van der Waals surface area contributed by atoms with Crippen LogP contribution in [0.2, 0.25) is 0 Å². The quantitative estimate of drug-likeness (QED) is 0.531. The highest BCUT2D eigenvalue weighted by atomic mass is 16.5. The largest absolute Gasteiger partial charge is 0.497 e. The van der Waals surface area contributed by atoms with E-state index >= 15 is 0 Å². The Morgan fingerprint density at radius 2 is 2.04 bits per heavy atom. The minimum absolute atomic E-state index is 0.228. The maximum atomic E-state index is 11.7. The number of likely N-dealkylation sites (N-methyl/N-ethyl adjacent to an activating group) is 1. The molecule has 1 aromatic carbocycles. The van der Waals surface area contributed by atoms with Gasteiger partial charge in [0.15, 0.2) is 6.61 Å². The number of rotatable bonds is 8. The topological polar surface area (TPSA) is 88.9 Å². The maximum Gasteiger partial charge on any atom is 0.331 e. The molecule has 1 aromatic rings. The maximum absolute atomic E-state index is 11.7. The summed E-state index contributed by atoms with van der Waals surface area (Å²) in [6.45, 7) is -0.0793. The first-order valence-electron chi connectivity index (χ1n) is 7.19. The van der Waals surface area contributed by atoms with Crippen molar-refractivity contribution < 1.29 is 23.8 Å². The molecule has 0 aliphatic carbocycles. The van der Waals surface area contributed by atoms with Gasteiger partial charge in [0.2, 0.25) is 0 Å². The summed E-state index contributed by atoms with van der Waals surface area (Å²) in [7, 11) is 4.61. The van der Waals surface area contributed by atoms with Crippen molar-refractivity contribution in [3.8, 4) is 17.6 Å². The fraction of sp³-hybridized carbons (Fsp3) is 0.353. The number of hydrogen-bond donors (Lipinski definition) is 0. The molecule has 0 aromatic heterocycles. The van der Waals surface area contributed by atoms with E-state index in [4.69, 9.17) is 19.5 Å². The molecule has 0 unspecified atom stereocenters. The van der Waals surface area contributed by atoms with E-state index in [0.717, 1.165) is 0 Å². The summed E-state index contributed by atoms with van der Waals surface area (Å²) in [5.41, 5.74) is 0.645. The van der Waals surface area contributed by atoms with Crippen LogP contribution in [0.3, 0.4) is 0 Å². The predicted octanol–water partition coefficient (Wildman–Crippen LogP) is 1.63. The van der Waals surface area contributed by atoms with Crippen molar-refractivity contribution in [3.05, 3.63) is 29.8 Å². The number of nitrogens with zero attached hydrogens (tertiary/aromatic N) is 2. The van der Waals surface area contributed by atoms with Crippen LogP contribution in [0, 0.1) is 11.3 Å². The Bertz CT molecular complexity index is 649. The van der Waals surface area contributed by atoms with E-state index < -0.39 is 5.97 Å². The Balaban J connectivity index is 2.60. The van der Waals surface area contributed by atoms with Gasteiger partial charge in [-0.1, -0.05) is 0 Å². The van der Waals surface area contributed by atoms with E-state index in [1.54, 1.807) is 25.2 Å². The van der Waals surface area contributed by atoms with E-state index in [2.05, 4.69) is 0 Å². The summed E-state index contributed by atoms with van der Waals surface area (Å²) in [6, 6.07) is 7.11. The van der Waals surface area contributed by atoms with Crippen LogP contribution in [0.15, 0.2) is 24.3 Å². The van der Waals surface area contributed by atoms with Crippen LogP contribution in [0.1, 0.15) is 12.0 Å². The molecule has 0 atom stereocenters. The van der Waals surface area contributed by atoms with Crippen LogP contribution in [0.4, 0.5) is 0 Å². The summed E-state index contributed by atoms with van der Waals surface area (Å²) in [5.74, 6) is 0.179. The normalized spacial score (nSPS) is 10.1. The first-order valence-corrected chi connectivity index (χ1v) is 7.19. The summed E-state index contributed by atoms with van der Waals surface area (Å²) >= 11 is 0. The standard InChI is InChI=1S/C17H20N2O5/c1-19(10-4-9-18)16(20)12-24-17(21)8-5-13-11-14(22-2)6-7-15(13)23-3/h5-8,11H,4,10,12H2,1-3H3/b8-5+. The Hall–Kier alpha value is -3.01.